The molecule has 2 saturated heterocycles. The second kappa shape index (κ2) is 3.92. The maximum absolute atomic E-state index is 10.8. The zero-order chi connectivity index (χ0) is 12.0. The summed E-state index contributed by atoms with van der Waals surface area (Å²) in [6.45, 7) is 3.52. The summed E-state index contributed by atoms with van der Waals surface area (Å²) in [7, 11) is 1.82. The molecule has 0 aromatic carbocycles. The lowest BCUT2D eigenvalue weighted by atomic mass is 9.61. The molecule has 17 heavy (non-hydrogen) atoms. The monoisotopic (exact) mass is 235 g/mol. The van der Waals surface area contributed by atoms with Crippen molar-refractivity contribution in [2.24, 2.45) is 5.92 Å². The van der Waals surface area contributed by atoms with Crippen LogP contribution in [-0.4, -0.2) is 42.5 Å². The Kier molecular flexibility index (Phi) is 2.64. The zero-order valence-corrected chi connectivity index (χ0v) is 10.7. The second-order valence-corrected chi connectivity index (χ2v) is 5.63. The number of fused-ring (bicyclic) bond motifs is 3. The van der Waals surface area contributed by atoms with Crippen LogP contribution in [-0.2, 0) is 9.53 Å². The molecule has 3 nitrogen and oxygen atoms in total. The zero-order valence-electron chi connectivity index (χ0n) is 10.7. The van der Waals surface area contributed by atoms with Crippen LogP contribution in [0.3, 0.4) is 0 Å². The Balaban J connectivity index is 1.99. The van der Waals surface area contributed by atoms with Crippen molar-refractivity contribution >= 4 is 6.29 Å². The number of hydrogen-bond donors (Lipinski definition) is 0. The second-order valence-electron chi connectivity index (χ2n) is 5.63. The summed E-state index contributed by atoms with van der Waals surface area (Å²) >= 11 is 0. The van der Waals surface area contributed by atoms with Crippen LogP contribution in [0.4, 0.5) is 0 Å². The topological polar surface area (TPSA) is 29.5 Å². The number of carbonyl (C=O) groups is 1. The largest absolute Gasteiger partial charge is 0.372 e. The predicted octanol–water partition coefficient (Wildman–Crippen LogP) is 1.77. The van der Waals surface area contributed by atoms with Crippen LogP contribution >= 0.6 is 0 Å². The Morgan fingerprint density at radius 2 is 2.29 bits per heavy atom. The molecule has 3 heteroatoms. The number of ether oxygens (including phenoxy) is 1. The van der Waals surface area contributed by atoms with Gasteiger partial charge in [-0.1, -0.05) is 6.42 Å². The van der Waals surface area contributed by atoms with Crippen LogP contribution in [0.2, 0.25) is 0 Å². The molecule has 3 aliphatic rings. The highest BCUT2D eigenvalue weighted by atomic mass is 16.5. The summed E-state index contributed by atoms with van der Waals surface area (Å²) in [6, 6.07) is 1.10. The number of piperidine rings is 1. The third kappa shape index (κ3) is 1.27. The molecule has 1 aliphatic carbocycles. The maximum atomic E-state index is 10.8. The van der Waals surface area contributed by atoms with E-state index in [9.17, 15) is 4.79 Å². The van der Waals surface area contributed by atoms with Gasteiger partial charge in [0.25, 0.3) is 0 Å². The average molecular weight is 235 g/mol. The summed E-state index contributed by atoms with van der Waals surface area (Å²) in [5, 5.41) is 0. The van der Waals surface area contributed by atoms with Crippen molar-refractivity contribution in [3.05, 3.63) is 11.6 Å². The minimum absolute atomic E-state index is 0.138. The molecule has 4 atom stereocenters. The van der Waals surface area contributed by atoms with Gasteiger partial charge < -0.3 is 4.74 Å². The molecule has 0 aromatic rings. The van der Waals surface area contributed by atoms with Crippen LogP contribution < -0.4 is 0 Å². The Morgan fingerprint density at radius 1 is 1.47 bits per heavy atom. The van der Waals surface area contributed by atoms with Gasteiger partial charge in [0.1, 0.15) is 11.9 Å². The fraction of sp³-hybridized carbons (Fsp3) is 0.786. The van der Waals surface area contributed by atoms with Gasteiger partial charge in [-0.2, -0.15) is 0 Å². The quantitative estimate of drug-likeness (QED) is 0.539. The first kappa shape index (κ1) is 11.4. The molecule has 1 saturated carbocycles. The minimum atomic E-state index is -0.138. The first-order valence-electron chi connectivity index (χ1n) is 6.71. The summed E-state index contributed by atoms with van der Waals surface area (Å²) in [5.41, 5.74) is 1.09. The molecule has 0 amide bonds. The standard InChI is InChI=1S/C14H21NO2/c1-10-12-9-11(6-8-16)14(12,17-2)13-5-3-4-7-15(10)13/h6,8,10,12-13H,3-5,7,9H2,1-2H3/b11-6-/t10-,12?,13?,14?/m0/s1. The lowest BCUT2D eigenvalue weighted by Gasteiger charge is -2.50. The van der Waals surface area contributed by atoms with Crippen molar-refractivity contribution in [1.29, 1.82) is 0 Å². The number of allylic oxidation sites excluding steroid dienone is 1. The first-order chi connectivity index (χ1) is 8.25. The van der Waals surface area contributed by atoms with Gasteiger partial charge in [-0.25, -0.2) is 0 Å². The molecule has 2 aliphatic heterocycles. The lowest BCUT2D eigenvalue weighted by Crippen LogP contribution is -2.57. The normalized spacial score (nSPS) is 47.4. The van der Waals surface area contributed by atoms with Crippen molar-refractivity contribution < 1.29 is 9.53 Å². The molecule has 0 N–H and O–H groups in total. The molecule has 3 rings (SSSR count). The molecule has 94 valence electrons. The Labute approximate surface area is 103 Å². The van der Waals surface area contributed by atoms with Gasteiger partial charge in [0.15, 0.2) is 0 Å². The molecular weight excluding hydrogens is 214 g/mol. The fourth-order valence-corrected chi connectivity index (χ4v) is 4.48. The molecule has 0 spiro atoms. The highest BCUT2D eigenvalue weighted by Crippen LogP contribution is 2.59. The van der Waals surface area contributed by atoms with E-state index in [0.29, 0.717) is 18.0 Å². The predicted molar refractivity (Wildman–Crippen MR) is 65.8 cm³/mol. The van der Waals surface area contributed by atoms with Crippen molar-refractivity contribution in [3.63, 3.8) is 0 Å². The van der Waals surface area contributed by atoms with Gasteiger partial charge in [-0.15, -0.1) is 0 Å². The Morgan fingerprint density at radius 3 is 3.00 bits per heavy atom. The molecule has 0 radical (unpaired) electrons. The van der Waals surface area contributed by atoms with Gasteiger partial charge in [0, 0.05) is 25.1 Å². The molecule has 0 aromatic heterocycles. The van der Waals surface area contributed by atoms with Crippen molar-refractivity contribution in [3.8, 4) is 0 Å². The van der Waals surface area contributed by atoms with Gasteiger partial charge >= 0.3 is 0 Å². The molecule has 3 fully saturated rings. The summed E-state index contributed by atoms with van der Waals surface area (Å²) < 4.78 is 5.93. The number of carbonyl (C=O) groups excluding carboxylic acids is 1. The van der Waals surface area contributed by atoms with E-state index < -0.39 is 0 Å². The summed E-state index contributed by atoms with van der Waals surface area (Å²) in [6.07, 6.45) is 7.51. The van der Waals surface area contributed by atoms with Crippen LogP contribution in [0, 0.1) is 5.92 Å². The highest BCUT2D eigenvalue weighted by Gasteiger charge is 2.65. The fourth-order valence-electron chi connectivity index (χ4n) is 4.48. The average Bonchev–Trinajstić information content (AvgIpc) is 2.53. The van der Waals surface area contributed by atoms with Gasteiger partial charge in [-0.3, -0.25) is 9.69 Å². The van der Waals surface area contributed by atoms with Crippen LogP contribution in [0.1, 0.15) is 32.6 Å². The number of methoxy groups -OCH3 is 1. The minimum Gasteiger partial charge on any atom is -0.372 e. The van der Waals surface area contributed by atoms with Crippen LogP contribution in [0.15, 0.2) is 11.6 Å². The van der Waals surface area contributed by atoms with Crippen LogP contribution in [0.5, 0.6) is 0 Å². The van der Waals surface area contributed by atoms with Crippen LogP contribution in [0.25, 0.3) is 0 Å². The Hall–Kier alpha value is -0.670. The summed E-state index contributed by atoms with van der Waals surface area (Å²) in [4.78, 5) is 13.4. The highest BCUT2D eigenvalue weighted by molar-refractivity contribution is 5.68. The van der Waals surface area contributed by atoms with Gasteiger partial charge in [0.2, 0.25) is 0 Å². The molecule has 2 heterocycles. The number of aldehydes is 1. The van der Waals surface area contributed by atoms with E-state index in [1.807, 2.05) is 7.11 Å². The van der Waals surface area contributed by atoms with E-state index in [4.69, 9.17) is 4.74 Å². The van der Waals surface area contributed by atoms with E-state index in [1.165, 1.54) is 31.4 Å². The van der Waals surface area contributed by atoms with E-state index in [0.717, 1.165) is 12.7 Å². The van der Waals surface area contributed by atoms with E-state index in [1.54, 1.807) is 6.08 Å². The van der Waals surface area contributed by atoms with E-state index >= 15 is 0 Å². The van der Waals surface area contributed by atoms with E-state index in [2.05, 4.69) is 11.8 Å². The van der Waals surface area contributed by atoms with Crippen molar-refractivity contribution in [2.45, 2.75) is 50.3 Å². The third-order valence-electron chi connectivity index (χ3n) is 5.24. The van der Waals surface area contributed by atoms with Gasteiger partial charge in [0.05, 0.1) is 0 Å². The van der Waals surface area contributed by atoms with Crippen molar-refractivity contribution in [1.82, 2.24) is 4.90 Å². The van der Waals surface area contributed by atoms with Crippen molar-refractivity contribution in [2.75, 3.05) is 13.7 Å². The van der Waals surface area contributed by atoms with Gasteiger partial charge in [-0.05, 0) is 44.4 Å². The third-order valence-corrected chi connectivity index (χ3v) is 5.24. The molecule has 0 bridgehead atoms. The molecule has 3 unspecified atom stereocenters. The lowest BCUT2D eigenvalue weighted by molar-refractivity contribution is -0.105. The number of rotatable bonds is 2. The summed E-state index contributed by atoms with van der Waals surface area (Å²) in [5.74, 6) is 0.585. The number of hydrogen-bond acceptors (Lipinski definition) is 3. The first-order valence-corrected chi connectivity index (χ1v) is 6.71. The number of nitrogens with zero attached hydrogens (tertiary/aromatic N) is 1. The smallest absolute Gasteiger partial charge is 0.142 e. The van der Waals surface area contributed by atoms with E-state index in [-0.39, 0.29) is 5.60 Å². The molecular formula is C14H21NO2. The Bertz CT molecular complexity index is 365. The SMILES string of the molecule is COC12/C(=C\C=O)CC1[C@H](C)N1CCCCC12. The maximum Gasteiger partial charge on any atom is 0.142 e.